The third-order valence-corrected chi connectivity index (χ3v) is 2.09. The summed E-state index contributed by atoms with van der Waals surface area (Å²) in [4.78, 5) is 10.8. The molecular weight excluding hydrogens is 239 g/mol. The number of carbonyl (C=O) groups excluding carboxylic acids is 1. The number of rotatable bonds is 3. The Morgan fingerprint density at radius 2 is 2.00 bits per heavy atom. The lowest BCUT2D eigenvalue weighted by Crippen LogP contribution is -2.13. The molecule has 0 spiro atoms. The van der Waals surface area contributed by atoms with Gasteiger partial charge in [0.1, 0.15) is 11.6 Å². The molecule has 1 aromatic heterocycles. The minimum absolute atomic E-state index is 0.0193. The Balaban J connectivity index is 2.18. The summed E-state index contributed by atoms with van der Waals surface area (Å²) >= 11 is 0. The van der Waals surface area contributed by atoms with Crippen LogP contribution >= 0.6 is 0 Å². The SMILES string of the molecule is NC(=O)c1ccc(Oc2ccc(N)c(F)c2)nn1. The summed E-state index contributed by atoms with van der Waals surface area (Å²) in [6, 6.07) is 6.75. The molecule has 1 heterocycles. The third-order valence-electron chi connectivity index (χ3n) is 2.09. The number of ether oxygens (including phenoxy) is 1. The van der Waals surface area contributed by atoms with Crippen LogP contribution in [0.5, 0.6) is 11.6 Å². The highest BCUT2D eigenvalue weighted by atomic mass is 19.1. The highest BCUT2D eigenvalue weighted by Crippen LogP contribution is 2.22. The molecular formula is C11H9FN4O2. The van der Waals surface area contributed by atoms with Crippen LogP contribution in [0.4, 0.5) is 10.1 Å². The highest BCUT2D eigenvalue weighted by molar-refractivity contribution is 5.90. The van der Waals surface area contributed by atoms with Crippen molar-refractivity contribution in [3.63, 3.8) is 0 Å². The number of nitrogens with zero attached hydrogens (tertiary/aromatic N) is 2. The van der Waals surface area contributed by atoms with Crippen LogP contribution in [0.3, 0.4) is 0 Å². The predicted molar refractivity (Wildman–Crippen MR) is 61.4 cm³/mol. The van der Waals surface area contributed by atoms with Gasteiger partial charge in [0.05, 0.1) is 5.69 Å². The second kappa shape index (κ2) is 4.66. The van der Waals surface area contributed by atoms with Crippen LogP contribution in [0.15, 0.2) is 30.3 Å². The predicted octanol–water partition coefficient (Wildman–Crippen LogP) is 1.09. The molecule has 2 rings (SSSR count). The summed E-state index contributed by atoms with van der Waals surface area (Å²) in [5.41, 5.74) is 10.4. The standard InChI is InChI=1S/C11H9FN4O2/c12-7-5-6(1-2-8(7)13)18-10-4-3-9(11(14)17)15-16-10/h1-5H,13H2,(H2,14,17). The molecule has 0 aliphatic heterocycles. The molecule has 7 heteroatoms. The van der Waals surface area contributed by atoms with Gasteiger partial charge in [0.2, 0.25) is 5.88 Å². The number of carbonyl (C=O) groups is 1. The molecule has 4 N–H and O–H groups in total. The van der Waals surface area contributed by atoms with E-state index in [2.05, 4.69) is 10.2 Å². The number of primary amides is 1. The van der Waals surface area contributed by atoms with E-state index in [0.717, 1.165) is 6.07 Å². The number of benzene rings is 1. The van der Waals surface area contributed by atoms with E-state index < -0.39 is 11.7 Å². The Kier molecular flexibility index (Phi) is 3.05. The maximum absolute atomic E-state index is 13.1. The van der Waals surface area contributed by atoms with E-state index in [1.165, 1.54) is 24.3 Å². The van der Waals surface area contributed by atoms with Crippen LogP contribution in [0.2, 0.25) is 0 Å². The van der Waals surface area contributed by atoms with Gasteiger partial charge < -0.3 is 16.2 Å². The molecule has 0 aliphatic rings. The molecule has 0 aliphatic carbocycles. The number of nitrogens with two attached hydrogens (primary N) is 2. The van der Waals surface area contributed by atoms with E-state index >= 15 is 0 Å². The largest absolute Gasteiger partial charge is 0.437 e. The zero-order valence-electron chi connectivity index (χ0n) is 9.13. The molecule has 1 amide bonds. The topological polar surface area (TPSA) is 104 Å². The van der Waals surface area contributed by atoms with Gasteiger partial charge in [-0.15, -0.1) is 10.2 Å². The fourth-order valence-electron chi connectivity index (χ4n) is 1.20. The van der Waals surface area contributed by atoms with Crippen molar-refractivity contribution >= 4 is 11.6 Å². The molecule has 92 valence electrons. The molecule has 2 aromatic rings. The molecule has 0 saturated carbocycles. The number of aromatic nitrogens is 2. The molecule has 18 heavy (non-hydrogen) atoms. The fourth-order valence-corrected chi connectivity index (χ4v) is 1.20. The molecule has 0 saturated heterocycles. The smallest absolute Gasteiger partial charge is 0.269 e. The second-order valence-corrected chi connectivity index (χ2v) is 3.41. The van der Waals surface area contributed by atoms with E-state index in [4.69, 9.17) is 16.2 Å². The van der Waals surface area contributed by atoms with Gasteiger partial charge in [-0.25, -0.2) is 4.39 Å². The van der Waals surface area contributed by atoms with Crippen molar-refractivity contribution in [3.05, 3.63) is 41.8 Å². The molecule has 6 nitrogen and oxygen atoms in total. The summed E-state index contributed by atoms with van der Waals surface area (Å²) in [6.45, 7) is 0. The van der Waals surface area contributed by atoms with Crippen molar-refractivity contribution in [1.82, 2.24) is 10.2 Å². The summed E-state index contributed by atoms with van der Waals surface area (Å²) in [5, 5.41) is 7.17. The van der Waals surface area contributed by atoms with Gasteiger partial charge in [0.25, 0.3) is 5.91 Å². The fraction of sp³-hybridized carbons (Fsp3) is 0. The van der Waals surface area contributed by atoms with Crippen molar-refractivity contribution in [2.24, 2.45) is 5.73 Å². The lowest BCUT2D eigenvalue weighted by molar-refractivity contribution is 0.0994. The van der Waals surface area contributed by atoms with Gasteiger partial charge in [0, 0.05) is 12.1 Å². The van der Waals surface area contributed by atoms with Crippen LogP contribution in [0.25, 0.3) is 0 Å². The van der Waals surface area contributed by atoms with Crippen molar-refractivity contribution in [3.8, 4) is 11.6 Å². The average molecular weight is 248 g/mol. The van der Waals surface area contributed by atoms with E-state index in [-0.39, 0.29) is 23.0 Å². The minimum atomic E-state index is -0.687. The van der Waals surface area contributed by atoms with Crippen LogP contribution < -0.4 is 16.2 Å². The minimum Gasteiger partial charge on any atom is -0.437 e. The number of anilines is 1. The second-order valence-electron chi connectivity index (χ2n) is 3.41. The zero-order valence-corrected chi connectivity index (χ0v) is 9.13. The Morgan fingerprint density at radius 1 is 1.22 bits per heavy atom. The molecule has 0 bridgehead atoms. The van der Waals surface area contributed by atoms with E-state index in [0.29, 0.717) is 0 Å². The Morgan fingerprint density at radius 3 is 2.56 bits per heavy atom. The Bertz CT molecular complexity index is 586. The van der Waals surface area contributed by atoms with Crippen LogP contribution in [0.1, 0.15) is 10.5 Å². The van der Waals surface area contributed by atoms with Crippen molar-refractivity contribution in [2.75, 3.05) is 5.73 Å². The summed E-state index contributed by atoms with van der Waals surface area (Å²) < 4.78 is 18.4. The number of halogens is 1. The number of hydrogen-bond acceptors (Lipinski definition) is 5. The first-order chi connectivity index (χ1) is 8.56. The van der Waals surface area contributed by atoms with Gasteiger partial charge in [-0.2, -0.15) is 0 Å². The average Bonchev–Trinajstić information content (AvgIpc) is 2.34. The van der Waals surface area contributed by atoms with Gasteiger partial charge >= 0.3 is 0 Å². The monoisotopic (exact) mass is 248 g/mol. The maximum Gasteiger partial charge on any atom is 0.269 e. The maximum atomic E-state index is 13.1. The molecule has 0 radical (unpaired) electrons. The van der Waals surface area contributed by atoms with Crippen molar-refractivity contribution < 1.29 is 13.9 Å². The third kappa shape index (κ3) is 2.51. The van der Waals surface area contributed by atoms with Gasteiger partial charge in [0.15, 0.2) is 5.69 Å². The first-order valence-corrected chi connectivity index (χ1v) is 4.92. The Hall–Kier alpha value is -2.70. The molecule has 1 aromatic carbocycles. The number of nitrogen functional groups attached to an aromatic ring is 1. The van der Waals surface area contributed by atoms with E-state index in [1.807, 2.05) is 0 Å². The summed E-state index contributed by atoms with van der Waals surface area (Å²) in [6.07, 6.45) is 0. The summed E-state index contributed by atoms with van der Waals surface area (Å²) in [5.74, 6) is -0.936. The van der Waals surface area contributed by atoms with Gasteiger partial charge in [-0.3, -0.25) is 4.79 Å². The first kappa shape index (κ1) is 11.8. The van der Waals surface area contributed by atoms with E-state index in [1.54, 1.807) is 0 Å². The van der Waals surface area contributed by atoms with E-state index in [9.17, 15) is 9.18 Å². The Labute approximate surface area is 101 Å². The lowest BCUT2D eigenvalue weighted by Gasteiger charge is -2.05. The number of amides is 1. The summed E-state index contributed by atoms with van der Waals surface area (Å²) in [7, 11) is 0. The normalized spacial score (nSPS) is 10.1. The molecule has 0 atom stereocenters. The first-order valence-electron chi connectivity index (χ1n) is 4.92. The zero-order chi connectivity index (χ0) is 13.1. The van der Waals surface area contributed by atoms with Crippen LogP contribution in [0, 0.1) is 5.82 Å². The lowest BCUT2D eigenvalue weighted by atomic mass is 10.3. The van der Waals surface area contributed by atoms with Crippen LogP contribution in [-0.2, 0) is 0 Å². The van der Waals surface area contributed by atoms with Gasteiger partial charge in [-0.1, -0.05) is 0 Å². The highest BCUT2D eigenvalue weighted by Gasteiger charge is 2.06. The van der Waals surface area contributed by atoms with Crippen molar-refractivity contribution in [2.45, 2.75) is 0 Å². The van der Waals surface area contributed by atoms with Gasteiger partial charge in [-0.05, 0) is 18.2 Å². The number of hydrogen-bond donors (Lipinski definition) is 2. The quantitative estimate of drug-likeness (QED) is 0.791. The van der Waals surface area contributed by atoms with Crippen molar-refractivity contribution in [1.29, 1.82) is 0 Å². The van der Waals surface area contributed by atoms with Crippen LogP contribution in [-0.4, -0.2) is 16.1 Å². The molecule has 0 unspecified atom stereocenters. The molecule has 0 fully saturated rings.